The number of hydrogen-bond acceptors (Lipinski definition) is 3. The van der Waals surface area contributed by atoms with Crippen LogP contribution in [0.3, 0.4) is 0 Å². The molecule has 3 nitrogen and oxygen atoms in total. The van der Waals surface area contributed by atoms with E-state index in [1.165, 1.54) is 21.9 Å². The number of benzene rings is 4. The number of nitrogens with one attached hydrogen (secondary N) is 1. The molecule has 1 N–H and O–H groups in total. The Kier molecular flexibility index (Phi) is 7.29. The molecule has 0 aliphatic carbocycles. The molecule has 164 valence electrons. The van der Waals surface area contributed by atoms with Gasteiger partial charge in [-0.3, -0.25) is 0 Å². The standard InChI is InChI=1S/C29H31NO2/c1-22(24-10-11-26-20-29(31-2)15-12-25(26)19-24)21-30-27-13-16-28(17-14-27)32-18-6-9-23-7-4-3-5-8-23/h3-5,7-8,10-17,19-20,22,30H,6,9,18,21H2,1-2H3. The highest BCUT2D eigenvalue weighted by molar-refractivity contribution is 5.84. The molecule has 0 saturated heterocycles. The van der Waals surface area contributed by atoms with Crippen LogP contribution in [-0.2, 0) is 6.42 Å². The maximum Gasteiger partial charge on any atom is 0.119 e. The van der Waals surface area contributed by atoms with Crippen molar-refractivity contribution in [3.8, 4) is 11.5 Å². The van der Waals surface area contributed by atoms with Gasteiger partial charge >= 0.3 is 0 Å². The van der Waals surface area contributed by atoms with Gasteiger partial charge in [-0.25, -0.2) is 0 Å². The summed E-state index contributed by atoms with van der Waals surface area (Å²) in [7, 11) is 1.70. The van der Waals surface area contributed by atoms with E-state index in [2.05, 4.69) is 85.0 Å². The quantitative estimate of drug-likeness (QED) is 0.276. The van der Waals surface area contributed by atoms with Gasteiger partial charge in [0.1, 0.15) is 11.5 Å². The highest BCUT2D eigenvalue weighted by Crippen LogP contribution is 2.26. The molecule has 0 heterocycles. The first kappa shape index (κ1) is 21.8. The van der Waals surface area contributed by atoms with E-state index in [1.54, 1.807) is 7.11 Å². The third-order valence-corrected chi connectivity index (χ3v) is 5.83. The number of aryl methyl sites for hydroxylation is 1. The van der Waals surface area contributed by atoms with Crippen molar-refractivity contribution in [2.75, 3.05) is 25.6 Å². The fourth-order valence-electron chi connectivity index (χ4n) is 3.84. The van der Waals surface area contributed by atoms with E-state index in [0.29, 0.717) is 5.92 Å². The Hall–Kier alpha value is -3.46. The second kappa shape index (κ2) is 10.7. The van der Waals surface area contributed by atoms with Gasteiger partial charge in [0.15, 0.2) is 0 Å². The summed E-state index contributed by atoms with van der Waals surface area (Å²) >= 11 is 0. The minimum absolute atomic E-state index is 0.399. The Bertz CT molecular complexity index is 1120. The molecule has 0 bridgehead atoms. The first-order valence-corrected chi connectivity index (χ1v) is 11.3. The molecule has 0 aromatic heterocycles. The van der Waals surface area contributed by atoms with Crippen molar-refractivity contribution in [2.24, 2.45) is 0 Å². The molecule has 4 aromatic carbocycles. The number of hydrogen-bond donors (Lipinski definition) is 1. The van der Waals surface area contributed by atoms with Crippen LogP contribution in [0, 0.1) is 0 Å². The third kappa shape index (κ3) is 5.82. The van der Waals surface area contributed by atoms with Crippen LogP contribution in [0.5, 0.6) is 11.5 Å². The first-order valence-electron chi connectivity index (χ1n) is 11.3. The summed E-state index contributed by atoms with van der Waals surface area (Å²) in [5.74, 6) is 2.21. The van der Waals surface area contributed by atoms with Crippen LogP contribution in [0.1, 0.15) is 30.4 Å². The van der Waals surface area contributed by atoms with Gasteiger partial charge < -0.3 is 14.8 Å². The van der Waals surface area contributed by atoms with Crippen LogP contribution in [-0.4, -0.2) is 20.3 Å². The van der Waals surface area contributed by atoms with E-state index in [9.17, 15) is 0 Å². The second-order valence-electron chi connectivity index (χ2n) is 8.22. The Morgan fingerprint density at radius 2 is 1.50 bits per heavy atom. The minimum Gasteiger partial charge on any atom is -0.497 e. The zero-order valence-corrected chi connectivity index (χ0v) is 18.9. The average Bonchev–Trinajstić information content (AvgIpc) is 2.86. The smallest absolute Gasteiger partial charge is 0.119 e. The molecule has 1 unspecified atom stereocenters. The van der Waals surface area contributed by atoms with Crippen molar-refractivity contribution in [3.63, 3.8) is 0 Å². The number of anilines is 1. The fraction of sp³-hybridized carbons (Fsp3) is 0.241. The van der Waals surface area contributed by atoms with Crippen LogP contribution in [0.2, 0.25) is 0 Å². The minimum atomic E-state index is 0.399. The molecule has 0 aliphatic rings. The lowest BCUT2D eigenvalue weighted by molar-refractivity contribution is 0.311. The van der Waals surface area contributed by atoms with Gasteiger partial charge in [-0.05, 0) is 77.1 Å². The lowest BCUT2D eigenvalue weighted by Crippen LogP contribution is -2.09. The first-order chi connectivity index (χ1) is 15.7. The average molecular weight is 426 g/mol. The highest BCUT2D eigenvalue weighted by Gasteiger charge is 2.07. The maximum absolute atomic E-state index is 5.90. The summed E-state index contributed by atoms with van der Waals surface area (Å²) in [4.78, 5) is 0. The highest BCUT2D eigenvalue weighted by atomic mass is 16.5. The van der Waals surface area contributed by atoms with Crippen LogP contribution >= 0.6 is 0 Å². The lowest BCUT2D eigenvalue weighted by atomic mass is 9.97. The Balaban J connectivity index is 1.25. The van der Waals surface area contributed by atoms with Crippen LogP contribution < -0.4 is 14.8 Å². The van der Waals surface area contributed by atoms with Gasteiger partial charge in [0, 0.05) is 12.2 Å². The molecule has 3 heteroatoms. The van der Waals surface area contributed by atoms with Crippen molar-refractivity contribution in [1.82, 2.24) is 0 Å². The summed E-state index contributed by atoms with van der Waals surface area (Å²) < 4.78 is 11.2. The number of ether oxygens (including phenoxy) is 2. The number of rotatable bonds is 10. The predicted molar refractivity (Wildman–Crippen MR) is 134 cm³/mol. The van der Waals surface area contributed by atoms with Crippen molar-refractivity contribution in [2.45, 2.75) is 25.7 Å². The van der Waals surface area contributed by atoms with Crippen molar-refractivity contribution >= 4 is 16.5 Å². The van der Waals surface area contributed by atoms with Gasteiger partial charge in [0.25, 0.3) is 0 Å². The predicted octanol–water partition coefficient (Wildman–Crippen LogP) is 7.08. The zero-order chi connectivity index (χ0) is 22.2. The van der Waals surface area contributed by atoms with E-state index in [4.69, 9.17) is 9.47 Å². The lowest BCUT2D eigenvalue weighted by Gasteiger charge is -2.15. The normalized spacial score (nSPS) is 11.8. The summed E-state index contributed by atoms with van der Waals surface area (Å²) in [5.41, 5.74) is 3.79. The van der Waals surface area contributed by atoms with Crippen molar-refractivity contribution in [1.29, 1.82) is 0 Å². The van der Waals surface area contributed by atoms with Gasteiger partial charge in [-0.15, -0.1) is 0 Å². The monoisotopic (exact) mass is 425 g/mol. The topological polar surface area (TPSA) is 30.5 Å². The van der Waals surface area contributed by atoms with Gasteiger partial charge in [0.05, 0.1) is 13.7 Å². The van der Waals surface area contributed by atoms with Gasteiger partial charge in [0.2, 0.25) is 0 Å². The molecule has 4 aromatic rings. The van der Waals surface area contributed by atoms with E-state index in [1.807, 2.05) is 18.2 Å². The number of fused-ring (bicyclic) bond motifs is 1. The van der Waals surface area contributed by atoms with E-state index >= 15 is 0 Å². The zero-order valence-electron chi connectivity index (χ0n) is 18.9. The molecule has 0 radical (unpaired) electrons. The van der Waals surface area contributed by atoms with Crippen LogP contribution in [0.25, 0.3) is 10.8 Å². The van der Waals surface area contributed by atoms with Crippen molar-refractivity contribution < 1.29 is 9.47 Å². The number of methoxy groups -OCH3 is 1. The third-order valence-electron chi connectivity index (χ3n) is 5.83. The maximum atomic E-state index is 5.90. The molecule has 1 atom stereocenters. The summed E-state index contributed by atoms with van der Waals surface area (Å²) in [6.45, 7) is 3.85. The Labute approximate surface area is 191 Å². The summed E-state index contributed by atoms with van der Waals surface area (Å²) in [6.07, 6.45) is 2.06. The molecular weight excluding hydrogens is 394 g/mol. The molecule has 32 heavy (non-hydrogen) atoms. The largest absolute Gasteiger partial charge is 0.497 e. The van der Waals surface area contributed by atoms with E-state index in [0.717, 1.165) is 43.2 Å². The molecule has 4 rings (SSSR count). The Morgan fingerprint density at radius 3 is 2.28 bits per heavy atom. The molecule has 0 spiro atoms. The van der Waals surface area contributed by atoms with Gasteiger partial charge in [-0.1, -0.05) is 61.5 Å². The van der Waals surface area contributed by atoms with Gasteiger partial charge in [-0.2, -0.15) is 0 Å². The molecular formula is C29H31NO2. The fourth-order valence-corrected chi connectivity index (χ4v) is 3.84. The molecule has 0 aliphatic heterocycles. The molecule has 0 amide bonds. The summed E-state index contributed by atoms with van der Waals surface area (Å²) in [5, 5.41) is 5.99. The molecule has 0 saturated carbocycles. The van der Waals surface area contributed by atoms with E-state index < -0.39 is 0 Å². The van der Waals surface area contributed by atoms with Crippen LogP contribution in [0.4, 0.5) is 5.69 Å². The Morgan fingerprint density at radius 1 is 0.781 bits per heavy atom. The second-order valence-corrected chi connectivity index (χ2v) is 8.22. The molecule has 0 fully saturated rings. The van der Waals surface area contributed by atoms with Crippen LogP contribution in [0.15, 0.2) is 91.0 Å². The van der Waals surface area contributed by atoms with Crippen molar-refractivity contribution in [3.05, 3.63) is 102 Å². The summed E-state index contributed by atoms with van der Waals surface area (Å²) in [6, 6.07) is 31.7. The van der Waals surface area contributed by atoms with E-state index in [-0.39, 0.29) is 0 Å². The SMILES string of the molecule is COc1ccc2cc(C(C)CNc3ccc(OCCCc4ccccc4)cc3)ccc2c1.